The highest BCUT2D eigenvalue weighted by atomic mass is 19.4. The van der Waals surface area contributed by atoms with Crippen LogP contribution < -0.4 is 11.1 Å². The smallest absolute Gasteiger partial charge is 0.380 e. The van der Waals surface area contributed by atoms with E-state index in [9.17, 15) is 23.1 Å². The number of aliphatic hydroxyl groups excluding tert-OH is 1. The molecule has 1 amide bonds. The van der Waals surface area contributed by atoms with Crippen molar-refractivity contribution in [2.24, 2.45) is 11.7 Å². The predicted molar refractivity (Wildman–Crippen MR) is 108 cm³/mol. The molecule has 0 saturated carbocycles. The molecule has 0 bridgehead atoms. The van der Waals surface area contributed by atoms with Crippen LogP contribution >= 0.6 is 0 Å². The Bertz CT molecular complexity index is 983. The molecule has 0 radical (unpaired) electrons. The number of nitrogens with two attached hydrogens (primary N) is 1. The number of rotatable bonds is 4. The van der Waals surface area contributed by atoms with Gasteiger partial charge in [-0.3, -0.25) is 4.79 Å². The minimum atomic E-state index is -4.24. The largest absolute Gasteiger partial charge is 0.392 e. The number of fused-ring (bicyclic) bond motifs is 3. The summed E-state index contributed by atoms with van der Waals surface area (Å²) in [5.41, 5.74) is 8.87. The average Bonchev–Trinajstić information content (AvgIpc) is 3.30. The number of alkyl halides is 3. The molecule has 2 unspecified atom stereocenters. The fourth-order valence-electron chi connectivity index (χ4n) is 4.63. The third kappa shape index (κ3) is 3.67. The first-order valence-electron chi connectivity index (χ1n) is 10.0. The third-order valence-corrected chi connectivity index (χ3v) is 6.19. The zero-order valence-corrected chi connectivity index (χ0v) is 16.4. The summed E-state index contributed by atoms with van der Waals surface area (Å²) in [7, 11) is 0. The fourth-order valence-corrected chi connectivity index (χ4v) is 4.63. The van der Waals surface area contributed by atoms with Crippen molar-refractivity contribution >= 4 is 22.5 Å². The van der Waals surface area contributed by atoms with Crippen molar-refractivity contribution in [1.29, 1.82) is 0 Å². The Kier molecular flexibility index (Phi) is 5.27. The first-order chi connectivity index (χ1) is 14.2. The normalized spacial score (nSPS) is 22.8. The van der Waals surface area contributed by atoms with Gasteiger partial charge in [-0.2, -0.15) is 13.2 Å². The van der Waals surface area contributed by atoms with Gasteiger partial charge in [-0.1, -0.05) is 12.6 Å². The molecule has 3 atom stereocenters. The van der Waals surface area contributed by atoms with Gasteiger partial charge in [0, 0.05) is 41.5 Å². The van der Waals surface area contributed by atoms with Crippen LogP contribution in [0, 0.1) is 5.92 Å². The molecule has 1 aromatic carbocycles. The zero-order valence-electron chi connectivity index (χ0n) is 16.4. The van der Waals surface area contributed by atoms with Crippen molar-refractivity contribution < 1.29 is 23.1 Å². The van der Waals surface area contributed by atoms with Crippen LogP contribution in [-0.4, -0.2) is 46.2 Å². The monoisotopic (exact) mass is 422 g/mol. The van der Waals surface area contributed by atoms with Crippen molar-refractivity contribution in [3.05, 3.63) is 41.6 Å². The van der Waals surface area contributed by atoms with E-state index in [1.54, 1.807) is 17.0 Å². The lowest BCUT2D eigenvalue weighted by atomic mass is 9.86. The minimum Gasteiger partial charge on any atom is -0.380 e. The molecule has 2 aliphatic rings. The number of anilines is 1. The van der Waals surface area contributed by atoms with Gasteiger partial charge in [0.15, 0.2) is 0 Å². The number of aromatic amines is 1. The van der Waals surface area contributed by atoms with Crippen molar-refractivity contribution in [2.45, 2.75) is 44.1 Å². The number of amides is 1. The molecule has 5 N–H and O–H groups in total. The Morgan fingerprint density at radius 3 is 2.83 bits per heavy atom. The van der Waals surface area contributed by atoms with Crippen LogP contribution in [-0.2, 0) is 17.6 Å². The quantitative estimate of drug-likeness (QED) is 0.450. The molecule has 9 heteroatoms. The van der Waals surface area contributed by atoms with Gasteiger partial charge in [0.1, 0.15) is 6.23 Å². The van der Waals surface area contributed by atoms with Crippen LogP contribution in [0.25, 0.3) is 10.9 Å². The molecule has 1 aliphatic carbocycles. The van der Waals surface area contributed by atoms with E-state index in [0.29, 0.717) is 36.3 Å². The summed E-state index contributed by atoms with van der Waals surface area (Å²) in [5, 5.41) is 14.2. The lowest BCUT2D eigenvalue weighted by molar-refractivity contribution is -0.177. The molecule has 2 aromatic rings. The first-order valence-corrected chi connectivity index (χ1v) is 10.0. The molecule has 4 rings (SSSR count). The Morgan fingerprint density at radius 2 is 2.17 bits per heavy atom. The van der Waals surface area contributed by atoms with Crippen molar-refractivity contribution in [3.8, 4) is 0 Å². The standard InChI is InChI=1S/C21H25F3N4O2/c1-2-17(29)28-8-7-12(10-28)26-15-6-5-14(20(25)30)19-18(15)13-4-3-11(21(22,23)24)9-16(13)27-19/h2,5-6,11-12,20,26-27,30H,1,3-4,7-10,25H2/t11?,12-,20?/m0/s1. The van der Waals surface area contributed by atoms with Crippen LogP contribution in [0.3, 0.4) is 0 Å². The molecular formula is C21H25F3N4O2. The van der Waals surface area contributed by atoms with E-state index >= 15 is 0 Å². The van der Waals surface area contributed by atoms with Gasteiger partial charge in [-0.25, -0.2) is 0 Å². The molecular weight excluding hydrogens is 397 g/mol. The van der Waals surface area contributed by atoms with Gasteiger partial charge in [-0.15, -0.1) is 0 Å². The Morgan fingerprint density at radius 1 is 1.40 bits per heavy atom. The number of aryl methyl sites for hydroxylation is 1. The second kappa shape index (κ2) is 7.63. The number of H-pyrrole nitrogens is 1. The van der Waals surface area contributed by atoms with Gasteiger partial charge in [0.25, 0.3) is 0 Å². The summed E-state index contributed by atoms with van der Waals surface area (Å²) in [5.74, 6) is -1.50. The van der Waals surface area contributed by atoms with Crippen LogP contribution in [0.5, 0.6) is 0 Å². The number of halogens is 3. The van der Waals surface area contributed by atoms with E-state index in [0.717, 1.165) is 23.1 Å². The first kappa shape index (κ1) is 20.7. The van der Waals surface area contributed by atoms with Crippen LogP contribution in [0.1, 0.15) is 35.9 Å². The summed E-state index contributed by atoms with van der Waals surface area (Å²) >= 11 is 0. The highest BCUT2D eigenvalue weighted by Gasteiger charge is 2.42. The second-order valence-corrected chi connectivity index (χ2v) is 8.08. The summed E-state index contributed by atoms with van der Waals surface area (Å²) < 4.78 is 39.8. The summed E-state index contributed by atoms with van der Waals surface area (Å²) in [4.78, 5) is 16.7. The number of nitrogens with zero attached hydrogens (tertiary/aromatic N) is 1. The fraction of sp³-hybridized carbons (Fsp3) is 0.476. The topological polar surface area (TPSA) is 94.4 Å². The van der Waals surface area contributed by atoms with E-state index < -0.39 is 18.3 Å². The SMILES string of the molecule is C=CC(=O)N1CC[C@H](Nc2ccc(C(N)O)c3[nH]c4c(c23)CCC(C(F)(F)F)C4)C1. The molecule has 1 aromatic heterocycles. The molecule has 0 spiro atoms. The molecule has 30 heavy (non-hydrogen) atoms. The number of hydrogen-bond donors (Lipinski definition) is 4. The van der Waals surface area contributed by atoms with E-state index in [-0.39, 0.29) is 24.8 Å². The predicted octanol–water partition coefficient (Wildman–Crippen LogP) is 2.98. The Balaban J connectivity index is 1.70. The summed E-state index contributed by atoms with van der Waals surface area (Å²) in [6.45, 7) is 4.65. The van der Waals surface area contributed by atoms with E-state index in [2.05, 4.69) is 16.9 Å². The van der Waals surface area contributed by atoms with E-state index in [4.69, 9.17) is 5.73 Å². The number of likely N-dealkylation sites (tertiary alicyclic amines) is 1. The maximum Gasteiger partial charge on any atom is 0.392 e. The van der Waals surface area contributed by atoms with E-state index in [1.807, 2.05) is 0 Å². The molecule has 1 fully saturated rings. The van der Waals surface area contributed by atoms with Crippen molar-refractivity contribution in [3.63, 3.8) is 0 Å². The average molecular weight is 422 g/mol. The third-order valence-electron chi connectivity index (χ3n) is 6.19. The number of aliphatic hydroxyl groups is 1. The number of benzene rings is 1. The van der Waals surface area contributed by atoms with Gasteiger partial charge in [0.2, 0.25) is 5.91 Å². The molecule has 1 aliphatic heterocycles. The van der Waals surface area contributed by atoms with Crippen LogP contribution in [0.4, 0.5) is 18.9 Å². The zero-order chi connectivity index (χ0) is 21.6. The lowest BCUT2D eigenvalue weighted by Crippen LogP contribution is -2.30. The Hall–Kier alpha value is -2.52. The van der Waals surface area contributed by atoms with Crippen molar-refractivity contribution in [1.82, 2.24) is 9.88 Å². The number of hydrogen-bond acceptors (Lipinski definition) is 4. The summed E-state index contributed by atoms with van der Waals surface area (Å²) in [6, 6.07) is 3.50. The second-order valence-electron chi connectivity index (χ2n) is 8.08. The molecule has 162 valence electrons. The molecule has 1 saturated heterocycles. The van der Waals surface area contributed by atoms with Crippen molar-refractivity contribution in [2.75, 3.05) is 18.4 Å². The van der Waals surface area contributed by atoms with Crippen LogP contribution in [0.2, 0.25) is 0 Å². The van der Waals surface area contributed by atoms with Gasteiger partial charge in [-0.05, 0) is 43.4 Å². The van der Waals surface area contributed by atoms with E-state index in [1.165, 1.54) is 6.08 Å². The highest BCUT2D eigenvalue weighted by molar-refractivity contribution is 5.98. The number of aromatic nitrogens is 1. The number of carbonyl (C=O) groups is 1. The minimum absolute atomic E-state index is 0.0165. The molecule has 2 heterocycles. The lowest BCUT2D eigenvalue weighted by Gasteiger charge is -2.25. The van der Waals surface area contributed by atoms with Gasteiger partial charge in [0.05, 0.1) is 11.4 Å². The van der Waals surface area contributed by atoms with Gasteiger partial charge >= 0.3 is 6.18 Å². The number of carbonyl (C=O) groups excluding carboxylic acids is 1. The Labute approximate surface area is 171 Å². The van der Waals surface area contributed by atoms with Crippen LogP contribution in [0.15, 0.2) is 24.8 Å². The maximum atomic E-state index is 13.3. The van der Waals surface area contributed by atoms with Gasteiger partial charge < -0.3 is 26.0 Å². The summed E-state index contributed by atoms with van der Waals surface area (Å²) in [6.07, 6.45) is -3.22. The number of nitrogens with one attached hydrogen (secondary N) is 2. The maximum absolute atomic E-state index is 13.3. The molecule has 6 nitrogen and oxygen atoms in total. The highest BCUT2D eigenvalue weighted by Crippen LogP contribution is 2.42.